The number of rotatable bonds is 9. The van der Waals surface area contributed by atoms with Crippen LogP contribution in [0.4, 0.5) is 4.79 Å². The largest absolute Gasteiger partial charge is 0.444 e. The monoisotopic (exact) mass is 513 g/mol. The third-order valence-electron chi connectivity index (χ3n) is 7.71. The van der Waals surface area contributed by atoms with Crippen LogP contribution in [0.3, 0.4) is 0 Å². The molecule has 0 spiro atoms. The highest BCUT2D eigenvalue weighted by molar-refractivity contribution is 5.92. The molecule has 37 heavy (non-hydrogen) atoms. The van der Waals surface area contributed by atoms with Crippen molar-refractivity contribution in [1.82, 2.24) is 15.5 Å². The minimum Gasteiger partial charge on any atom is -0.444 e. The quantitative estimate of drug-likeness (QED) is 0.436. The molecule has 2 aliphatic rings. The lowest BCUT2D eigenvalue weighted by Crippen LogP contribution is -2.59. The average Bonchev–Trinajstić information content (AvgIpc) is 2.79. The Bertz CT molecular complexity index is 931. The van der Waals surface area contributed by atoms with Crippen LogP contribution < -0.4 is 10.6 Å². The Labute approximate surface area is 223 Å². The summed E-state index contributed by atoms with van der Waals surface area (Å²) in [6.07, 6.45) is 8.18. The van der Waals surface area contributed by atoms with Gasteiger partial charge in [0.2, 0.25) is 11.8 Å². The summed E-state index contributed by atoms with van der Waals surface area (Å²) in [4.78, 5) is 42.9. The van der Waals surface area contributed by atoms with Gasteiger partial charge in [-0.05, 0) is 71.3 Å². The molecular weight excluding hydrogens is 466 g/mol. The van der Waals surface area contributed by atoms with Gasteiger partial charge in [-0.2, -0.15) is 0 Å². The van der Waals surface area contributed by atoms with Crippen LogP contribution in [0.2, 0.25) is 0 Å². The number of nitrogens with zero attached hydrogens (tertiary/aromatic N) is 1. The van der Waals surface area contributed by atoms with Gasteiger partial charge in [0.15, 0.2) is 0 Å². The van der Waals surface area contributed by atoms with E-state index in [-0.39, 0.29) is 29.8 Å². The number of alkyl carbamates (subject to hydrolysis) is 1. The fourth-order valence-electron chi connectivity index (χ4n) is 5.27. The molecular formula is C30H47N3O4. The number of carbonyl (C=O) groups is 3. The van der Waals surface area contributed by atoms with Crippen molar-refractivity contribution in [2.45, 2.75) is 129 Å². The Morgan fingerprint density at radius 1 is 1.05 bits per heavy atom. The van der Waals surface area contributed by atoms with Crippen LogP contribution in [0.15, 0.2) is 24.3 Å². The van der Waals surface area contributed by atoms with E-state index in [4.69, 9.17) is 4.74 Å². The van der Waals surface area contributed by atoms with Crippen LogP contribution >= 0.6 is 0 Å². The first-order chi connectivity index (χ1) is 17.5. The summed E-state index contributed by atoms with van der Waals surface area (Å²) in [5.74, 6) is -0.463. The Kier molecular flexibility index (Phi) is 10.0. The van der Waals surface area contributed by atoms with Crippen molar-refractivity contribution in [3.05, 3.63) is 35.4 Å². The number of hydrogen-bond donors (Lipinski definition) is 2. The number of amides is 3. The van der Waals surface area contributed by atoms with Crippen LogP contribution in [0.25, 0.3) is 0 Å². The third-order valence-corrected chi connectivity index (χ3v) is 7.71. The lowest BCUT2D eigenvalue weighted by molar-refractivity contribution is -0.148. The topological polar surface area (TPSA) is 87.7 Å². The van der Waals surface area contributed by atoms with Gasteiger partial charge < -0.3 is 20.3 Å². The molecule has 0 radical (unpaired) electrons. The molecule has 2 fully saturated rings. The number of ether oxygens (including phenoxy) is 1. The summed E-state index contributed by atoms with van der Waals surface area (Å²) in [7, 11) is 0. The summed E-state index contributed by atoms with van der Waals surface area (Å²) < 4.78 is 5.50. The molecule has 7 heteroatoms. The molecule has 3 unspecified atom stereocenters. The first kappa shape index (κ1) is 29.0. The van der Waals surface area contributed by atoms with E-state index in [1.165, 1.54) is 6.42 Å². The first-order valence-corrected chi connectivity index (χ1v) is 14.2. The van der Waals surface area contributed by atoms with Crippen molar-refractivity contribution in [2.75, 3.05) is 0 Å². The van der Waals surface area contributed by atoms with Gasteiger partial charge in [-0.3, -0.25) is 9.59 Å². The molecule has 0 bridgehead atoms. The normalized spacial score (nSPS) is 19.2. The minimum absolute atomic E-state index is 0.0397. The Morgan fingerprint density at radius 2 is 1.73 bits per heavy atom. The molecule has 3 rings (SSSR count). The van der Waals surface area contributed by atoms with Crippen molar-refractivity contribution in [3.8, 4) is 0 Å². The van der Waals surface area contributed by atoms with Gasteiger partial charge in [0.05, 0.1) is 0 Å². The molecule has 2 saturated carbocycles. The van der Waals surface area contributed by atoms with Gasteiger partial charge in [0.25, 0.3) is 0 Å². The molecule has 3 atom stereocenters. The van der Waals surface area contributed by atoms with Crippen molar-refractivity contribution < 1.29 is 19.1 Å². The fraction of sp³-hybridized carbons (Fsp3) is 0.700. The van der Waals surface area contributed by atoms with Gasteiger partial charge in [-0.1, -0.05) is 69.4 Å². The van der Waals surface area contributed by atoms with Gasteiger partial charge in [0.1, 0.15) is 17.7 Å². The van der Waals surface area contributed by atoms with E-state index >= 15 is 0 Å². The van der Waals surface area contributed by atoms with Gasteiger partial charge in [-0.15, -0.1) is 0 Å². The third kappa shape index (κ3) is 7.96. The van der Waals surface area contributed by atoms with E-state index in [1.54, 1.807) is 25.7 Å². The maximum absolute atomic E-state index is 14.4. The van der Waals surface area contributed by atoms with E-state index in [1.807, 2.05) is 45.0 Å². The standard InChI is InChI=1S/C30H47N3O4/c1-7-21(3)25(32-29(36)37-30(4,5)6)28(35)33(24-17-12-18-24)26(22-14-11-13-20(2)19-22)27(34)31-23-15-9-8-10-16-23/h11,13-14,19,21,23-26H,7-10,12,15-18H2,1-6H3,(H,31,34)(H,32,36). The number of benzene rings is 1. The van der Waals surface area contributed by atoms with Crippen molar-refractivity contribution in [1.29, 1.82) is 0 Å². The number of aryl methyl sites for hydroxylation is 1. The van der Waals surface area contributed by atoms with E-state index in [2.05, 4.69) is 10.6 Å². The Balaban J connectivity index is 1.97. The Hall–Kier alpha value is -2.57. The van der Waals surface area contributed by atoms with Crippen LogP contribution in [-0.2, 0) is 14.3 Å². The summed E-state index contributed by atoms with van der Waals surface area (Å²) in [5.41, 5.74) is 1.18. The number of nitrogens with one attached hydrogen (secondary N) is 2. The van der Waals surface area contributed by atoms with E-state index in [0.29, 0.717) is 6.42 Å². The molecule has 206 valence electrons. The second-order valence-electron chi connectivity index (χ2n) is 12.0. The zero-order valence-electron chi connectivity index (χ0n) is 23.6. The van der Waals surface area contributed by atoms with Crippen LogP contribution in [0.5, 0.6) is 0 Å². The Morgan fingerprint density at radius 3 is 2.27 bits per heavy atom. The zero-order chi connectivity index (χ0) is 27.2. The highest BCUT2D eigenvalue weighted by Gasteiger charge is 2.43. The smallest absolute Gasteiger partial charge is 0.408 e. The molecule has 0 aromatic heterocycles. The maximum atomic E-state index is 14.4. The van der Waals surface area contributed by atoms with E-state index in [9.17, 15) is 14.4 Å². The van der Waals surface area contributed by atoms with Crippen LogP contribution in [0.1, 0.15) is 110 Å². The summed E-state index contributed by atoms with van der Waals surface area (Å²) in [5, 5.41) is 6.15. The summed E-state index contributed by atoms with van der Waals surface area (Å²) >= 11 is 0. The van der Waals surface area contributed by atoms with E-state index in [0.717, 1.165) is 56.1 Å². The van der Waals surface area contributed by atoms with Gasteiger partial charge in [0, 0.05) is 12.1 Å². The second kappa shape index (κ2) is 12.8. The molecule has 7 nitrogen and oxygen atoms in total. The lowest BCUT2D eigenvalue weighted by Gasteiger charge is -2.44. The highest BCUT2D eigenvalue weighted by Crippen LogP contribution is 2.35. The second-order valence-corrected chi connectivity index (χ2v) is 12.0. The lowest BCUT2D eigenvalue weighted by atomic mass is 9.86. The molecule has 3 amide bonds. The molecule has 0 aliphatic heterocycles. The van der Waals surface area contributed by atoms with Crippen molar-refractivity contribution >= 4 is 17.9 Å². The zero-order valence-corrected chi connectivity index (χ0v) is 23.6. The SMILES string of the molecule is CCC(C)C(NC(=O)OC(C)(C)C)C(=O)N(C1CCC1)C(C(=O)NC1CCCCC1)c1cccc(C)c1. The van der Waals surface area contributed by atoms with Crippen LogP contribution in [-0.4, -0.2) is 46.5 Å². The summed E-state index contributed by atoms with van der Waals surface area (Å²) in [6, 6.07) is 6.46. The van der Waals surface area contributed by atoms with E-state index < -0.39 is 23.8 Å². The van der Waals surface area contributed by atoms with Gasteiger partial charge >= 0.3 is 6.09 Å². The van der Waals surface area contributed by atoms with Crippen molar-refractivity contribution in [3.63, 3.8) is 0 Å². The van der Waals surface area contributed by atoms with Crippen LogP contribution in [0, 0.1) is 12.8 Å². The summed E-state index contributed by atoms with van der Waals surface area (Å²) in [6.45, 7) is 11.4. The number of carbonyl (C=O) groups excluding carboxylic acids is 3. The van der Waals surface area contributed by atoms with Crippen molar-refractivity contribution in [2.24, 2.45) is 5.92 Å². The maximum Gasteiger partial charge on any atom is 0.408 e. The molecule has 0 saturated heterocycles. The predicted octanol–water partition coefficient (Wildman–Crippen LogP) is 5.81. The first-order valence-electron chi connectivity index (χ1n) is 14.2. The molecule has 2 aliphatic carbocycles. The molecule has 0 heterocycles. The predicted molar refractivity (Wildman–Crippen MR) is 146 cm³/mol. The highest BCUT2D eigenvalue weighted by atomic mass is 16.6. The fourth-order valence-corrected chi connectivity index (χ4v) is 5.27. The number of hydrogen-bond acceptors (Lipinski definition) is 4. The molecule has 2 N–H and O–H groups in total. The average molecular weight is 514 g/mol. The molecule has 1 aromatic carbocycles. The van der Waals surface area contributed by atoms with Gasteiger partial charge in [-0.25, -0.2) is 4.79 Å². The molecule has 1 aromatic rings. The minimum atomic E-state index is -0.782.